The zero-order valence-electron chi connectivity index (χ0n) is 16.2. The molecule has 5 rings (SSSR count). The third-order valence-electron chi connectivity index (χ3n) is 5.29. The molecule has 0 spiro atoms. The number of pyridine rings is 1. The van der Waals surface area contributed by atoms with E-state index in [0.29, 0.717) is 16.9 Å². The lowest BCUT2D eigenvalue weighted by Gasteiger charge is -2.38. The van der Waals surface area contributed by atoms with Crippen molar-refractivity contribution < 1.29 is 0 Å². The number of aryl methyl sites for hydroxylation is 1. The third-order valence-corrected chi connectivity index (χ3v) is 5.51. The monoisotopic (exact) mass is 408 g/mol. The van der Waals surface area contributed by atoms with Crippen molar-refractivity contribution in [1.82, 2.24) is 34.9 Å². The first kappa shape index (κ1) is 18.1. The third kappa shape index (κ3) is 3.34. The topological polar surface area (TPSA) is 87.0 Å². The number of imidazole rings is 1. The molecule has 0 amide bonds. The van der Waals surface area contributed by atoms with Gasteiger partial charge in [-0.1, -0.05) is 11.6 Å². The number of fused-ring (bicyclic) bond motifs is 1. The average molecular weight is 409 g/mol. The lowest BCUT2D eigenvalue weighted by molar-refractivity contribution is 0.393. The highest BCUT2D eigenvalue weighted by Crippen LogP contribution is 2.26. The summed E-state index contributed by atoms with van der Waals surface area (Å²) in [4.78, 5) is 16.1. The van der Waals surface area contributed by atoms with Crippen molar-refractivity contribution in [2.75, 3.05) is 18.0 Å². The molecule has 4 aromatic rings. The second-order valence-corrected chi connectivity index (χ2v) is 7.87. The minimum atomic E-state index is 0.186. The molecule has 148 valence electrons. The molecular weight excluding hydrogens is 388 g/mol. The molecule has 0 saturated carbocycles. The van der Waals surface area contributed by atoms with Crippen molar-refractivity contribution in [2.45, 2.75) is 25.9 Å². The number of hydrogen-bond acceptors (Lipinski definition) is 6. The Balaban J connectivity index is 1.49. The Morgan fingerprint density at radius 2 is 2.03 bits per heavy atom. The number of H-pyrrole nitrogens is 1. The molecule has 2 atom stereocenters. The average Bonchev–Trinajstić information content (AvgIpc) is 3.33. The van der Waals surface area contributed by atoms with E-state index in [4.69, 9.17) is 16.6 Å². The van der Waals surface area contributed by atoms with Crippen LogP contribution in [0.25, 0.3) is 17.2 Å². The first-order valence-electron chi connectivity index (χ1n) is 9.55. The Hall–Kier alpha value is -2.97. The minimum absolute atomic E-state index is 0.186. The maximum atomic E-state index is 6.17. The van der Waals surface area contributed by atoms with Crippen molar-refractivity contribution in [1.29, 1.82) is 0 Å². The van der Waals surface area contributed by atoms with Crippen LogP contribution in [-0.4, -0.2) is 48.7 Å². The molecule has 0 aliphatic carbocycles. The molecule has 9 heteroatoms. The van der Waals surface area contributed by atoms with Crippen molar-refractivity contribution in [2.24, 2.45) is 0 Å². The van der Waals surface area contributed by atoms with E-state index in [9.17, 15) is 0 Å². The number of nitrogens with zero attached hydrogens (tertiary/aromatic N) is 6. The molecule has 8 nitrogen and oxygen atoms in total. The zero-order chi connectivity index (χ0) is 20.0. The number of anilines is 1. The maximum absolute atomic E-state index is 6.17. The van der Waals surface area contributed by atoms with Gasteiger partial charge in [-0.15, -0.1) is 0 Å². The summed E-state index contributed by atoms with van der Waals surface area (Å²) in [5, 5.41) is 11.5. The van der Waals surface area contributed by atoms with Gasteiger partial charge in [-0.3, -0.25) is 9.50 Å². The second kappa shape index (κ2) is 7.13. The van der Waals surface area contributed by atoms with Gasteiger partial charge in [0.25, 0.3) is 0 Å². The van der Waals surface area contributed by atoms with Crippen LogP contribution in [0, 0.1) is 6.92 Å². The van der Waals surface area contributed by atoms with Crippen LogP contribution in [0.3, 0.4) is 0 Å². The van der Waals surface area contributed by atoms with E-state index >= 15 is 0 Å². The summed E-state index contributed by atoms with van der Waals surface area (Å²) in [6.45, 7) is 5.90. The molecule has 2 N–H and O–H groups in total. The first-order valence-corrected chi connectivity index (χ1v) is 9.93. The summed E-state index contributed by atoms with van der Waals surface area (Å²) in [5.41, 5.74) is 3.90. The molecule has 0 radical (unpaired) electrons. The summed E-state index contributed by atoms with van der Waals surface area (Å²) in [5.74, 6) is 1.52. The standard InChI is InChI=1S/C20H21ClN8/c1-12-9-28(11-16(25-12)15-7-24-27-13(15)2)19-5-6-22-20(26-19)17-8-23-18-4-3-14(21)10-29(17)18/h3-8,10,12,16,25H,9,11H2,1-2H3,(H,24,27). The number of hydrogen-bond donors (Lipinski definition) is 2. The molecule has 5 heterocycles. The van der Waals surface area contributed by atoms with Crippen molar-refractivity contribution in [3.05, 3.63) is 59.3 Å². The summed E-state index contributed by atoms with van der Waals surface area (Å²) in [6, 6.07) is 6.16. The second-order valence-electron chi connectivity index (χ2n) is 7.43. The number of aromatic nitrogens is 6. The first-order chi connectivity index (χ1) is 14.1. The summed E-state index contributed by atoms with van der Waals surface area (Å²) < 4.78 is 1.92. The van der Waals surface area contributed by atoms with E-state index in [1.54, 1.807) is 12.4 Å². The predicted octanol–water partition coefficient (Wildman–Crippen LogP) is 3.02. The number of nitrogens with one attached hydrogen (secondary N) is 2. The predicted molar refractivity (Wildman–Crippen MR) is 112 cm³/mol. The summed E-state index contributed by atoms with van der Waals surface area (Å²) in [7, 11) is 0. The zero-order valence-corrected chi connectivity index (χ0v) is 16.9. The highest BCUT2D eigenvalue weighted by molar-refractivity contribution is 6.30. The Morgan fingerprint density at radius 3 is 2.86 bits per heavy atom. The van der Waals surface area contributed by atoms with E-state index in [2.05, 4.69) is 37.3 Å². The molecule has 2 unspecified atom stereocenters. The van der Waals surface area contributed by atoms with Crippen molar-refractivity contribution in [3.63, 3.8) is 0 Å². The smallest absolute Gasteiger partial charge is 0.180 e. The van der Waals surface area contributed by atoms with Crippen LogP contribution in [-0.2, 0) is 0 Å². The normalized spacial score (nSPS) is 19.8. The van der Waals surface area contributed by atoms with Crippen molar-refractivity contribution in [3.8, 4) is 11.5 Å². The molecule has 1 fully saturated rings. The van der Waals surface area contributed by atoms with Crippen LogP contribution in [0.2, 0.25) is 5.02 Å². The van der Waals surface area contributed by atoms with Crippen LogP contribution in [0.5, 0.6) is 0 Å². The van der Waals surface area contributed by atoms with Gasteiger partial charge in [0.15, 0.2) is 5.82 Å². The van der Waals surface area contributed by atoms with Crippen LogP contribution >= 0.6 is 11.6 Å². The molecule has 29 heavy (non-hydrogen) atoms. The van der Waals surface area contributed by atoms with E-state index in [1.807, 2.05) is 41.9 Å². The molecular formula is C20H21ClN8. The van der Waals surface area contributed by atoms with Crippen LogP contribution in [0.15, 0.2) is 43.0 Å². The van der Waals surface area contributed by atoms with Gasteiger partial charge in [-0.2, -0.15) is 5.10 Å². The van der Waals surface area contributed by atoms with Crippen LogP contribution in [0.4, 0.5) is 5.82 Å². The van der Waals surface area contributed by atoms with Crippen molar-refractivity contribution >= 4 is 23.1 Å². The molecule has 4 aromatic heterocycles. The number of aromatic amines is 1. The molecule has 1 aliphatic heterocycles. The van der Waals surface area contributed by atoms with Gasteiger partial charge in [-0.25, -0.2) is 15.0 Å². The Kier molecular flexibility index (Phi) is 4.44. The quantitative estimate of drug-likeness (QED) is 0.542. The van der Waals surface area contributed by atoms with Gasteiger partial charge < -0.3 is 10.2 Å². The molecule has 1 saturated heterocycles. The Morgan fingerprint density at radius 1 is 1.14 bits per heavy atom. The minimum Gasteiger partial charge on any atom is -0.353 e. The van der Waals surface area contributed by atoms with Gasteiger partial charge in [0.2, 0.25) is 0 Å². The van der Waals surface area contributed by atoms with Crippen LogP contribution in [0.1, 0.15) is 24.2 Å². The lowest BCUT2D eigenvalue weighted by atomic mass is 10.0. The van der Waals surface area contributed by atoms with Gasteiger partial charge in [0, 0.05) is 42.8 Å². The van der Waals surface area contributed by atoms with E-state index in [0.717, 1.165) is 35.9 Å². The summed E-state index contributed by atoms with van der Waals surface area (Å²) >= 11 is 6.17. The molecule has 1 aliphatic rings. The number of piperazine rings is 1. The van der Waals surface area contributed by atoms with Gasteiger partial charge in [0.05, 0.1) is 23.5 Å². The van der Waals surface area contributed by atoms with E-state index in [-0.39, 0.29) is 6.04 Å². The Bertz CT molecular complexity index is 1170. The lowest BCUT2D eigenvalue weighted by Crippen LogP contribution is -2.51. The van der Waals surface area contributed by atoms with Gasteiger partial charge >= 0.3 is 0 Å². The fourth-order valence-electron chi connectivity index (χ4n) is 3.93. The van der Waals surface area contributed by atoms with Crippen LogP contribution < -0.4 is 10.2 Å². The SMILES string of the molecule is Cc1[nH]ncc1C1CN(c2ccnc(-c3cnc4ccc(Cl)cn34)n2)CC(C)N1. The summed E-state index contributed by atoms with van der Waals surface area (Å²) in [6.07, 6.45) is 7.31. The Labute approximate surface area is 173 Å². The fourth-order valence-corrected chi connectivity index (χ4v) is 4.09. The number of rotatable bonds is 3. The highest BCUT2D eigenvalue weighted by Gasteiger charge is 2.28. The highest BCUT2D eigenvalue weighted by atomic mass is 35.5. The van der Waals surface area contributed by atoms with E-state index < -0.39 is 0 Å². The fraction of sp³-hybridized carbons (Fsp3) is 0.300. The van der Waals surface area contributed by atoms with E-state index in [1.165, 1.54) is 5.56 Å². The maximum Gasteiger partial charge on any atom is 0.180 e. The van der Waals surface area contributed by atoms with Gasteiger partial charge in [-0.05, 0) is 32.0 Å². The largest absolute Gasteiger partial charge is 0.353 e. The van der Waals surface area contributed by atoms with Gasteiger partial charge in [0.1, 0.15) is 17.2 Å². The number of halogens is 1. The molecule has 0 aromatic carbocycles. The molecule has 0 bridgehead atoms.